The SMILES string of the molecule is CNc1nccn1-c1cc(Br)c(F)cc1C. The highest BCUT2D eigenvalue weighted by Gasteiger charge is 2.09. The molecular weight excluding hydrogens is 273 g/mol. The van der Waals surface area contributed by atoms with E-state index in [-0.39, 0.29) is 5.82 Å². The van der Waals surface area contributed by atoms with Gasteiger partial charge >= 0.3 is 0 Å². The molecule has 0 spiro atoms. The molecule has 1 heterocycles. The minimum Gasteiger partial charge on any atom is -0.358 e. The molecule has 16 heavy (non-hydrogen) atoms. The predicted octanol–water partition coefficient (Wildman–Crippen LogP) is 3.12. The maximum absolute atomic E-state index is 13.3. The average molecular weight is 284 g/mol. The minimum absolute atomic E-state index is 0.257. The molecule has 2 rings (SSSR count). The van der Waals surface area contributed by atoms with Gasteiger partial charge in [0.2, 0.25) is 5.95 Å². The maximum Gasteiger partial charge on any atom is 0.207 e. The molecule has 0 unspecified atom stereocenters. The highest BCUT2D eigenvalue weighted by molar-refractivity contribution is 9.10. The summed E-state index contributed by atoms with van der Waals surface area (Å²) in [5, 5.41) is 2.98. The minimum atomic E-state index is -0.257. The number of nitrogens with one attached hydrogen (secondary N) is 1. The lowest BCUT2D eigenvalue weighted by Gasteiger charge is -2.11. The normalized spacial score (nSPS) is 10.5. The summed E-state index contributed by atoms with van der Waals surface area (Å²) >= 11 is 3.18. The van der Waals surface area contributed by atoms with Crippen LogP contribution in [-0.4, -0.2) is 16.6 Å². The van der Waals surface area contributed by atoms with Gasteiger partial charge < -0.3 is 5.32 Å². The van der Waals surface area contributed by atoms with E-state index in [0.29, 0.717) is 4.47 Å². The Hall–Kier alpha value is -1.36. The van der Waals surface area contributed by atoms with E-state index in [1.165, 1.54) is 6.07 Å². The third kappa shape index (κ3) is 1.82. The standard InChI is InChI=1S/C11H11BrFN3/c1-7-5-9(13)8(12)6-10(7)16-4-3-15-11(16)14-2/h3-6H,1-2H3,(H,14,15). The topological polar surface area (TPSA) is 29.9 Å². The first kappa shape index (κ1) is 11.1. The third-order valence-electron chi connectivity index (χ3n) is 2.36. The van der Waals surface area contributed by atoms with E-state index in [1.807, 2.05) is 17.7 Å². The Morgan fingerprint density at radius 2 is 2.19 bits per heavy atom. The quantitative estimate of drug-likeness (QED) is 0.918. The summed E-state index contributed by atoms with van der Waals surface area (Å²) in [5.74, 6) is 0.467. The number of nitrogens with zero attached hydrogens (tertiary/aromatic N) is 2. The Kier molecular flexibility index (Phi) is 2.96. The van der Waals surface area contributed by atoms with Crippen LogP contribution in [0.5, 0.6) is 0 Å². The monoisotopic (exact) mass is 283 g/mol. The zero-order valence-corrected chi connectivity index (χ0v) is 10.5. The zero-order valence-electron chi connectivity index (χ0n) is 8.96. The fourth-order valence-electron chi connectivity index (χ4n) is 1.58. The number of halogens is 2. The number of rotatable bonds is 2. The van der Waals surface area contributed by atoms with Crippen molar-refractivity contribution in [1.82, 2.24) is 9.55 Å². The maximum atomic E-state index is 13.3. The summed E-state index contributed by atoms with van der Waals surface area (Å²) in [7, 11) is 1.80. The van der Waals surface area contributed by atoms with Crippen molar-refractivity contribution < 1.29 is 4.39 Å². The molecule has 1 N–H and O–H groups in total. The van der Waals surface area contributed by atoms with Gasteiger partial charge in [-0.3, -0.25) is 4.57 Å². The molecule has 1 aromatic heterocycles. The molecule has 0 fully saturated rings. The van der Waals surface area contributed by atoms with Crippen molar-refractivity contribution in [3.63, 3.8) is 0 Å². The smallest absolute Gasteiger partial charge is 0.207 e. The number of imidazole rings is 1. The summed E-state index contributed by atoms with van der Waals surface area (Å²) in [5.41, 5.74) is 1.75. The Labute approximate surface area is 101 Å². The van der Waals surface area contributed by atoms with Crippen LogP contribution in [0.25, 0.3) is 5.69 Å². The summed E-state index contributed by atoms with van der Waals surface area (Å²) in [4.78, 5) is 4.15. The van der Waals surface area contributed by atoms with Crippen molar-refractivity contribution in [3.05, 3.63) is 40.4 Å². The Morgan fingerprint density at radius 1 is 1.44 bits per heavy atom. The van der Waals surface area contributed by atoms with Crippen molar-refractivity contribution in [1.29, 1.82) is 0 Å². The molecule has 3 nitrogen and oxygen atoms in total. The Morgan fingerprint density at radius 3 is 2.88 bits per heavy atom. The molecule has 0 saturated carbocycles. The van der Waals surface area contributed by atoms with Gasteiger partial charge in [-0.25, -0.2) is 9.37 Å². The number of benzene rings is 1. The van der Waals surface area contributed by atoms with Gasteiger partial charge in [0.05, 0.1) is 10.2 Å². The van der Waals surface area contributed by atoms with E-state index in [1.54, 1.807) is 19.3 Å². The second-order valence-corrected chi connectivity index (χ2v) is 4.28. The van der Waals surface area contributed by atoms with Crippen LogP contribution in [0, 0.1) is 12.7 Å². The lowest BCUT2D eigenvalue weighted by atomic mass is 10.2. The molecule has 2 aromatic rings. The van der Waals surface area contributed by atoms with E-state index in [9.17, 15) is 4.39 Å². The van der Waals surface area contributed by atoms with Crippen molar-refractivity contribution in [3.8, 4) is 5.69 Å². The van der Waals surface area contributed by atoms with Gasteiger partial charge in [-0.1, -0.05) is 0 Å². The summed E-state index contributed by atoms with van der Waals surface area (Å²) in [6, 6.07) is 3.24. The lowest BCUT2D eigenvalue weighted by molar-refractivity contribution is 0.619. The molecule has 0 aliphatic heterocycles. The molecule has 5 heteroatoms. The van der Waals surface area contributed by atoms with Gasteiger partial charge in [0.15, 0.2) is 0 Å². The van der Waals surface area contributed by atoms with Crippen LogP contribution in [0.1, 0.15) is 5.56 Å². The van der Waals surface area contributed by atoms with Gasteiger partial charge in [-0.2, -0.15) is 0 Å². The van der Waals surface area contributed by atoms with E-state index < -0.39 is 0 Å². The first-order valence-electron chi connectivity index (χ1n) is 4.80. The van der Waals surface area contributed by atoms with Crippen LogP contribution >= 0.6 is 15.9 Å². The number of aryl methyl sites for hydroxylation is 1. The summed E-state index contributed by atoms with van der Waals surface area (Å²) < 4.78 is 15.6. The van der Waals surface area contributed by atoms with Crippen LogP contribution in [0.15, 0.2) is 29.0 Å². The molecule has 0 saturated heterocycles. The van der Waals surface area contributed by atoms with E-state index in [2.05, 4.69) is 26.2 Å². The molecule has 1 aromatic carbocycles. The lowest BCUT2D eigenvalue weighted by Crippen LogP contribution is -2.02. The van der Waals surface area contributed by atoms with Crippen molar-refractivity contribution in [2.75, 3.05) is 12.4 Å². The summed E-state index contributed by atoms with van der Waals surface area (Å²) in [6.45, 7) is 1.87. The number of aromatic nitrogens is 2. The van der Waals surface area contributed by atoms with E-state index in [0.717, 1.165) is 17.2 Å². The third-order valence-corrected chi connectivity index (χ3v) is 2.97. The zero-order chi connectivity index (χ0) is 11.7. The molecule has 0 atom stereocenters. The first-order chi connectivity index (χ1) is 7.63. The van der Waals surface area contributed by atoms with Gasteiger partial charge in [0, 0.05) is 19.4 Å². The number of hydrogen-bond donors (Lipinski definition) is 1. The Bertz CT molecular complexity index is 522. The van der Waals surface area contributed by atoms with E-state index >= 15 is 0 Å². The predicted molar refractivity (Wildman–Crippen MR) is 65.5 cm³/mol. The van der Waals surface area contributed by atoms with Gasteiger partial charge in [0.1, 0.15) is 5.82 Å². The average Bonchev–Trinajstić information content (AvgIpc) is 2.71. The second-order valence-electron chi connectivity index (χ2n) is 3.42. The van der Waals surface area contributed by atoms with Crippen LogP contribution < -0.4 is 5.32 Å². The second kappa shape index (κ2) is 4.25. The number of anilines is 1. The van der Waals surface area contributed by atoms with Gasteiger partial charge in [-0.15, -0.1) is 0 Å². The van der Waals surface area contributed by atoms with Crippen molar-refractivity contribution >= 4 is 21.9 Å². The van der Waals surface area contributed by atoms with Crippen LogP contribution in [0.3, 0.4) is 0 Å². The van der Waals surface area contributed by atoms with E-state index in [4.69, 9.17) is 0 Å². The van der Waals surface area contributed by atoms with Crippen molar-refractivity contribution in [2.24, 2.45) is 0 Å². The largest absolute Gasteiger partial charge is 0.358 e. The number of hydrogen-bond acceptors (Lipinski definition) is 2. The molecular formula is C11H11BrFN3. The molecule has 0 radical (unpaired) electrons. The fraction of sp³-hybridized carbons (Fsp3) is 0.182. The van der Waals surface area contributed by atoms with Crippen molar-refractivity contribution in [2.45, 2.75) is 6.92 Å². The fourth-order valence-corrected chi connectivity index (χ4v) is 1.91. The molecule has 0 aliphatic carbocycles. The summed E-state index contributed by atoms with van der Waals surface area (Å²) in [6.07, 6.45) is 3.53. The Balaban J connectivity index is 2.60. The van der Waals surface area contributed by atoms with Gasteiger partial charge in [-0.05, 0) is 40.5 Å². The molecule has 84 valence electrons. The molecule has 0 amide bonds. The van der Waals surface area contributed by atoms with Crippen LogP contribution in [0.4, 0.5) is 10.3 Å². The van der Waals surface area contributed by atoms with Gasteiger partial charge in [0.25, 0.3) is 0 Å². The molecule has 0 bridgehead atoms. The van der Waals surface area contributed by atoms with Crippen LogP contribution in [0.2, 0.25) is 0 Å². The van der Waals surface area contributed by atoms with Crippen LogP contribution in [-0.2, 0) is 0 Å². The molecule has 0 aliphatic rings. The first-order valence-corrected chi connectivity index (χ1v) is 5.60. The highest BCUT2D eigenvalue weighted by Crippen LogP contribution is 2.25. The highest BCUT2D eigenvalue weighted by atomic mass is 79.9.